The maximum absolute atomic E-state index is 12.6. The summed E-state index contributed by atoms with van der Waals surface area (Å²) in [5.41, 5.74) is 2.26. The lowest BCUT2D eigenvalue weighted by molar-refractivity contribution is -0.137. The first-order chi connectivity index (χ1) is 11.7. The summed E-state index contributed by atoms with van der Waals surface area (Å²) in [6.45, 7) is 5.59. The molecular weight excluding hydrogens is 331 g/mol. The predicted molar refractivity (Wildman–Crippen MR) is 88.1 cm³/mol. The Kier molecular flexibility index (Phi) is 4.20. The van der Waals surface area contributed by atoms with E-state index in [2.05, 4.69) is 20.4 Å². The largest absolute Gasteiger partial charge is 0.416 e. The summed E-state index contributed by atoms with van der Waals surface area (Å²) in [5, 5.41) is 7.35. The van der Waals surface area contributed by atoms with Crippen LogP contribution < -0.4 is 5.32 Å². The molecule has 0 spiro atoms. The summed E-state index contributed by atoms with van der Waals surface area (Å²) in [6, 6.07) is 8.41. The van der Waals surface area contributed by atoms with Crippen molar-refractivity contribution in [3.63, 3.8) is 0 Å². The van der Waals surface area contributed by atoms with E-state index in [9.17, 15) is 13.2 Å². The standard InChI is InChI=1S/C17H16F3N5/c1-10-9-15(22-14-6-4-13(5-7-14)17(18,19)20)23-16(21-10)25-12(3)8-11(2)24-25/h4-9H,1-3H3,(H,21,22,23). The predicted octanol–water partition coefficient (Wildman–Crippen LogP) is 4.35. The summed E-state index contributed by atoms with van der Waals surface area (Å²) in [4.78, 5) is 8.77. The average Bonchev–Trinajstić information content (AvgIpc) is 2.85. The van der Waals surface area contributed by atoms with Crippen LogP contribution in [0, 0.1) is 20.8 Å². The van der Waals surface area contributed by atoms with Crippen LogP contribution in [0.4, 0.5) is 24.7 Å². The fourth-order valence-electron chi connectivity index (χ4n) is 2.43. The number of halogens is 3. The van der Waals surface area contributed by atoms with Gasteiger partial charge in [-0.3, -0.25) is 0 Å². The molecule has 2 heterocycles. The summed E-state index contributed by atoms with van der Waals surface area (Å²) >= 11 is 0. The minimum atomic E-state index is -4.35. The Morgan fingerprint density at radius 3 is 2.16 bits per heavy atom. The number of nitrogens with one attached hydrogen (secondary N) is 1. The zero-order valence-corrected chi connectivity index (χ0v) is 13.9. The number of rotatable bonds is 3. The van der Waals surface area contributed by atoms with Crippen LogP contribution >= 0.6 is 0 Å². The Hall–Kier alpha value is -2.90. The molecule has 0 atom stereocenters. The Bertz CT molecular complexity index is 898. The van der Waals surface area contributed by atoms with Crippen molar-refractivity contribution in [2.75, 3.05) is 5.32 Å². The number of alkyl halides is 3. The van der Waals surface area contributed by atoms with Gasteiger partial charge >= 0.3 is 6.18 Å². The normalized spacial score (nSPS) is 11.6. The van der Waals surface area contributed by atoms with Crippen molar-refractivity contribution in [1.29, 1.82) is 0 Å². The zero-order chi connectivity index (χ0) is 18.2. The minimum Gasteiger partial charge on any atom is -0.340 e. The van der Waals surface area contributed by atoms with E-state index in [0.717, 1.165) is 23.5 Å². The fraction of sp³-hybridized carbons (Fsp3) is 0.235. The molecule has 1 aromatic carbocycles. The van der Waals surface area contributed by atoms with E-state index in [1.165, 1.54) is 12.1 Å². The second-order valence-electron chi connectivity index (χ2n) is 5.73. The SMILES string of the molecule is Cc1cc(Nc2ccc(C(F)(F)F)cc2)nc(-n2nc(C)cc2C)n1. The van der Waals surface area contributed by atoms with Gasteiger partial charge in [-0.05, 0) is 51.1 Å². The van der Waals surface area contributed by atoms with Crippen LogP contribution in [0.15, 0.2) is 36.4 Å². The third-order valence-corrected chi connectivity index (χ3v) is 3.53. The highest BCUT2D eigenvalue weighted by molar-refractivity contribution is 5.57. The highest BCUT2D eigenvalue weighted by Crippen LogP contribution is 2.30. The van der Waals surface area contributed by atoms with Crippen LogP contribution in [0.1, 0.15) is 22.6 Å². The number of benzene rings is 1. The Balaban J connectivity index is 1.89. The van der Waals surface area contributed by atoms with E-state index in [-0.39, 0.29) is 0 Å². The molecule has 0 bridgehead atoms. The van der Waals surface area contributed by atoms with E-state index in [1.807, 2.05) is 26.8 Å². The molecular formula is C17H16F3N5. The number of hydrogen-bond donors (Lipinski definition) is 1. The molecule has 25 heavy (non-hydrogen) atoms. The van der Waals surface area contributed by atoms with Crippen LogP contribution in [0.25, 0.3) is 5.95 Å². The number of aryl methyl sites for hydroxylation is 3. The lowest BCUT2D eigenvalue weighted by Crippen LogP contribution is -2.08. The molecule has 8 heteroatoms. The van der Waals surface area contributed by atoms with E-state index < -0.39 is 11.7 Å². The molecule has 0 aliphatic heterocycles. The highest BCUT2D eigenvalue weighted by atomic mass is 19.4. The first-order valence-corrected chi connectivity index (χ1v) is 7.56. The van der Waals surface area contributed by atoms with Gasteiger partial charge in [0.05, 0.1) is 11.3 Å². The molecule has 0 amide bonds. The Morgan fingerprint density at radius 1 is 0.920 bits per heavy atom. The molecule has 0 saturated heterocycles. The topological polar surface area (TPSA) is 55.6 Å². The quantitative estimate of drug-likeness (QED) is 0.765. The first kappa shape index (κ1) is 16.9. The molecule has 0 fully saturated rings. The zero-order valence-electron chi connectivity index (χ0n) is 13.9. The van der Waals surface area contributed by atoms with Gasteiger partial charge in [0.25, 0.3) is 5.95 Å². The molecule has 1 N–H and O–H groups in total. The summed E-state index contributed by atoms with van der Waals surface area (Å²) in [6.07, 6.45) is -4.35. The third kappa shape index (κ3) is 3.78. The van der Waals surface area contributed by atoms with Gasteiger partial charge < -0.3 is 5.32 Å². The number of nitrogens with zero attached hydrogens (tertiary/aromatic N) is 4. The molecule has 0 aliphatic rings. The van der Waals surface area contributed by atoms with Crippen LogP contribution in [-0.2, 0) is 6.18 Å². The molecule has 3 rings (SSSR count). The number of aromatic nitrogens is 4. The summed E-state index contributed by atoms with van der Waals surface area (Å²) < 4.78 is 39.5. The highest BCUT2D eigenvalue weighted by Gasteiger charge is 2.29. The summed E-state index contributed by atoms with van der Waals surface area (Å²) in [5.74, 6) is 0.884. The lowest BCUT2D eigenvalue weighted by atomic mass is 10.2. The average molecular weight is 347 g/mol. The molecule has 2 aromatic heterocycles. The van der Waals surface area contributed by atoms with Gasteiger partial charge in [-0.2, -0.15) is 23.3 Å². The van der Waals surface area contributed by atoms with Crippen LogP contribution in [-0.4, -0.2) is 19.7 Å². The third-order valence-electron chi connectivity index (χ3n) is 3.53. The smallest absolute Gasteiger partial charge is 0.340 e. The van der Waals surface area contributed by atoms with Crippen molar-refractivity contribution < 1.29 is 13.2 Å². The van der Waals surface area contributed by atoms with Crippen LogP contribution in [0.2, 0.25) is 0 Å². The monoisotopic (exact) mass is 347 g/mol. The van der Waals surface area contributed by atoms with Gasteiger partial charge in [-0.25, -0.2) is 9.67 Å². The van der Waals surface area contributed by atoms with Gasteiger partial charge in [0.1, 0.15) is 5.82 Å². The molecule has 130 valence electrons. The number of anilines is 2. The summed E-state index contributed by atoms with van der Waals surface area (Å²) in [7, 11) is 0. The second-order valence-corrected chi connectivity index (χ2v) is 5.73. The van der Waals surface area contributed by atoms with E-state index in [0.29, 0.717) is 23.1 Å². The fourth-order valence-corrected chi connectivity index (χ4v) is 2.43. The molecule has 0 radical (unpaired) electrons. The van der Waals surface area contributed by atoms with E-state index >= 15 is 0 Å². The van der Waals surface area contributed by atoms with Crippen molar-refractivity contribution in [3.05, 3.63) is 59.0 Å². The molecule has 5 nitrogen and oxygen atoms in total. The van der Waals surface area contributed by atoms with Crippen molar-refractivity contribution in [2.45, 2.75) is 26.9 Å². The first-order valence-electron chi connectivity index (χ1n) is 7.56. The molecule has 0 saturated carbocycles. The van der Waals surface area contributed by atoms with E-state index in [4.69, 9.17) is 0 Å². The van der Waals surface area contributed by atoms with Crippen molar-refractivity contribution in [3.8, 4) is 5.95 Å². The van der Waals surface area contributed by atoms with Crippen LogP contribution in [0.3, 0.4) is 0 Å². The van der Waals surface area contributed by atoms with Crippen molar-refractivity contribution in [1.82, 2.24) is 19.7 Å². The van der Waals surface area contributed by atoms with Crippen LogP contribution in [0.5, 0.6) is 0 Å². The van der Waals surface area contributed by atoms with Gasteiger partial charge in [-0.1, -0.05) is 0 Å². The Morgan fingerprint density at radius 2 is 1.60 bits per heavy atom. The minimum absolute atomic E-state index is 0.403. The van der Waals surface area contributed by atoms with E-state index in [1.54, 1.807) is 10.7 Å². The lowest BCUT2D eigenvalue weighted by Gasteiger charge is -2.11. The van der Waals surface area contributed by atoms with Crippen molar-refractivity contribution >= 4 is 11.5 Å². The number of hydrogen-bond acceptors (Lipinski definition) is 4. The maximum atomic E-state index is 12.6. The van der Waals surface area contributed by atoms with Gasteiger partial charge in [0.15, 0.2) is 0 Å². The van der Waals surface area contributed by atoms with Crippen molar-refractivity contribution in [2.24, 2.45) is 0 Å². The maximum Gasteiger partial charge on any atom is 0.416 e. The molecule has 0 unspecified atom stereocenters. The Labute approximate surface area is 142 Å². The van der Waals surface area contributed by atoms with Gasteiger partial charge in [0, 0.05) is 23.1 Å². The molecule has 0 aliphatic carbocycles. The molecule has 3 aromatic rings. The second kappa shape index (κ2) is 6.19. The van der Waals surface area contributed by atoms with Gasteiger partial charge in [0.2, 0.25) is 0 Å². The van der Waals surface area contributed by atoms with Gasteiger partial charge in [-0.15, -0.1) is 0 Å².